The Balaban J connectivity index is 1.42. The first-order chi connectivity index (χ1) is 23.6. The summed E-state index contributed by atoms with van der Waals surface area (Å²) in [5, 5.41) is 4.04. The van der Waals surface area contributed by atoms with E-state index in [1.165, 1.54) is 20.9 Å². The van der Waals surface area contributed by atoms with Gasteiger partial charge in [0, 0.05) is 53.9 Å². The van der Waals surface area contributed by atoms with Crippen LogP contribution in [0.5, 0.6) is 5.75 Å². The van der Waals surface area contributed by atoms with Gasteiger partial charge in [-0.3, -0.25) is 18.4 Å². The van der Waals surface area contributed by atoms with Crippen LogP contribution in [0, 0.1) is 0 Å². The predicted octanol–water partition coefficient (Wildman–Crippen LogP) is 5.47. The van der Waals surface area contributed by atoms with Crippen molar-refractivity contribution in [1.29, 1.82) is 0 Å². The monoisotopic (exact) mass is 676 g/mol. The van der Waals surface area contributed by atoms with Crippen molar-refractivity contribution in [2.75, 3.05) is 0 Å². The van der Waals surface area contributed by atoms with Crippen molar-refractivity contribution in [2.24, 2.45) is 0 Å². The van der Waals surface area contributed by atoms with Gasteiger partial charge in [-0.2, -0.15) is 8.42 Å². The molecule has 0 radical (unpaired) electrons. The number of nitrogens with zero attached hydrogens (tertiary/aromatic N) is 4. The van der Waals surface area contributed by atoms with Crippen LogP contribution in [-0.2, 0) is 20.0 Å². The number of fused-ring (bicyclic) bond motifs is 8. The lowest BCUT2D eigenvalue weighted by molar-refractivity contribution is 0.488. The highest BCUT2D eigenvalue weighted by molar-refractivity contribution is 7.92. The number of benzene rings is 7. The van der Waals surface area contributed by atoms with E-state index >= 15 is 0 Å². The summed E-state index contributed by atoms with van der Waals surface area (Å²) in [6, 6.07) is 20.0. The molecule has 0 atom stereocenters. The van der Waals surface area contributed by atoms with Gasteiger partial charge in [0.1, 0.15) is 16.2 Å². The van der Waals surface area contributed by atoms with Gasteiger partial charge in [0.25, 0.3) is 11.1 Å². The molecule has 0 saturated heterocycles. The fourth-order valence-electron chi connectivity index (χ4n) is 8.89. The number of imidazole rings is 2. The maximum Gasteiger partial charge on any atom is 0.339 e. The Morgan fingerprint density at radius 2 is 0.980 bits per heavy atom. The van der Waals surface area contributed by atoms with Crippen LogP contribution in [0.3, 0.4) is 0 Å². The van der Waals surface area contributed by atoms with E-state index in [1.54, 1.807) is 60.7 Å². The number of hydrogen-bond donors (Lipinski definition) is 0. The van der Waals surface area contributed by atoms with Gasteiger partial charge in [-0.15, -0.1) is 0 Å². The summed E-state index contributed by atoms with van der Waals surface area (Å²) in [4.78, 5) is 37.9. The number of rotatable bonds is 0. The molecule has 7 aromatic carbocycles. The van der Waals surface area contributed by atoms with Crippen molar-refractivity contribution in [3.63, 3.8) is 0 Å². The molecule has 2 aliphatic heterocycles. The van der Waals surface area contributed by atoms with Crippen molar-refractivity contribution in [1.82, 2.24) is 18.8 Å². The highest BCUT2D eigenvalue weighted by atomic mass is 32.2. The van der Waals surface area contributed by atoms with E-state index in [1.807, 2.05) is 0 Å². The van der Waals surface area contributed by atoms with Crippen LogP contribution in [0.25, 0.3) is 98.0 Å². The molecule has 0 unspecified atom stereocenters. The quantitative estimate of drug-likeness (QED) is 0.116. The van der Waals surface area contributed by atoms with E-state index in [4.69, 9.17) is 14.2 Å². The molecule has 13 rings (SSSR count). The molecule has 0 N–H and O–H groups in total. The van der Waals surface area contributed by atoms with Gasteiger partial charge >= 0.3 is 10.1 Å². The normalized spacial score (nSPS) is 16.3. The first-order valence-electron chi connectivity index (χ1n) is 15.3. The number of para-hydroxylation sites is 4. The molecule has 13 heteroatoms. The van der Waals surface area contributed by atoms with Crippen molar-refractivity contribution in [3.8, 4) is 5.75 Å². The van der Waals surface area contributed by atoms with E-state index in [2.05, 4.69) is 0 Å². The van der Waals surface area contributed by atoms with E-state index in [9.17, 15) is 26.4 Å². The average Bonchev–Trinajstić information content (AvgIpc) is 3.74. The molecular weight excluding hydrogens is 665 g/mol. The molecule has 4 aromatic heterocycles. The maximum atomic E-state index is 14.7. The lowest BCUT2D eigenvalue weighted by atomic mass is 9.85. The summed E-state index contributed by atoms with van der Waals surface area (Å²) in [7, 11) is -8.78. The molecule has 2 aliphatic rings. The second kappa shape index (κ2) is 7.14. The minimum Gasteiger partial charge on any atom is -0.378 e. The lowest BCUT2D eigenvalue weighted by Gasteiger charge is -2.24. The van der Waals surface area contributed by atoms with Crippen molar-refractivity contribution >= 4 is 118 Å². The van der Waals surface area contributed by atoms with E-state index < -0.39 is 31.1 Å². The lowest BCUT2D eigenvalue weighted by Crippen LogP contribution is -2.19. The molecule has 0 aliphatic carbocycles. The molecule has 0 fully saturated rings. The minimum absolute atomic E-state index is 0.00567. The van der Waals surface area contributed by atoms with Crippen LogP contribution in [-0.4, -0.2) is 35.6 Å². The fraction of sp³-hybridized carbons (Fsp3) is 0. The van der Waals surface area contributed by atoms with Crippen LogP contribution < -0.4 is 15.3 Å². The Kier molecular flexibility index (Phi) is 3.63. The van der Waals surface area contributed by atoms with Gasteiger partial charge in [0.15, 0.2) is 5.75 Å². The first kappa shape index (κ1) is 24.9. The van der Waals surface area contributed by atoms with Crippen molar-refractivity contribution in [3.05, 3.63) is 93.5 Å². The Morgan fingerprint density at radius 1 is 0.510 bits per heavy atom. The third-order valence-corrected chi connectivity index (χ3v) is 13.7. The van der Waals surface area contributed by atoms with Crippen LogP contribution in [0.2, 0.25) is 0 Å². The van der Waals surface area contributed by atoms with Gasteiger partial charge < -0.3 is 4.18 Å². The topological polar surface area (TPSA) is 146 Å². The summed E-state index contributed by atoms with van der Waals surface area (Å²) in [5.74, 6) is -0.00567. The van der Waals surface area contributed by atoms with Crippen molar-refractivity contribution < 1.29 is 21.0 Å². The Labute approximate surface area is 270 Å². The standard InChI is InChI=1S/C36H12N4O7S2/c41-35-15-11-23-28-29-22(48(23,43)44)10-14-26-16(36(42)40-20-8-4-2-6-18(20)38-34(14)40)12-24-30(32(26)29)27-21(47-49(24,45)46)9-13(25(15)31(27)28)33-37-17-5-1-3-7-19(17)39(33)35/h1-12H. The largest absolute Gasteiger partial charge is 0.378 e. The van der Waals surface area contributed by atoms with E-state index in [0.29, 0.717) is 76.2 Å². The molecule has 230 valence electrons. The van der Waals surface area contributed by atoms with Gasteiger partial charge in [0.05, 0.1) is 42.6 Å². The highest BCUT2D eigenvalue weighted by Gasteiger charge is 2.41. The molecule has 0 spiro atoms. The number of hydrogen-bond acceptors (Lipinski definition) is 9. The summed E-state index contributed by atoms with van der Waals surface area (Å²) >= 11 is 0. The Hall–Kier alpha value is -6.18. The average molecular weight is 677 g/mol. The third-order valence-electron chi connectivity index (χ3n) is 10.7. The van der Waals surface area contributed by atoms with Crippen LogP contribution in [0.15, 0.2) is 97.1 Å². The predicted molar refractivity (Wildman–Crippen MR) is 183 cm³/mol. The van der Waals surface area contributed by atoms with Crippen LogP contribution >= 0.6 is 0 Å². The van der Waals surface area contributed by atoms with Crippen LogP contribution in [0.1, 0.15) is 0 Å². The summed E-state index contributed by atoms with van der Waals surface area (Å²) in [6.45, 7) is 0. The van der Waals surface area contributed by atoms with Gasteiger partial charge in [-0.05, 0) is 48.5 Å². The number of aromatic nitrogens is 4. The Bertz CT molecular complexity index is 3890. The highest BCUT2D eigenvalue weighted by Crippen LogP contribution is 2.58. The van der Waals surface area contributed by atoms with E-state index in [0.717, 1.165) is 0 Å². The third kappa shape index (κ3) is 2.38. The summed E-state index contributed by atoms with van der Waals surface area (Å²) < 4.78 is 66.4. The van der Waals surface area contributed by atoms with Crippen molar-refractivity contribution in [2.45, 2.75) is 14.7 Å². The molecule has 0 bridgehead atoms. The first-order valence-corrected chi connectivity index (χ1v) is 18.1. The zero-order chi connectivity index (χ0) is 32.6. The molecule has 0 saturated carbocycles. The zero-order valence-corrected chi connectivity index (χ0v) is 26.0. The number of pyridine rings is 2. The SMILES string of the molecule is O=c1c2cc3c4c5c(cc6c7c(cc8c(c9c(cc(c2c94)c2nc4ccccc4n12)OS8(=O)=O)c57)c(=O)n1c2ccccc2nc61)S3(=O)=O. The Morgan fingerprint density at radius 3 is 1.57 bits per heavy atom. The van der Waals surface area contributed by atoms with Gasteiger partial charge in [0.2, 0.25) is 9.84 Å². The smallest absolute Gasteiger partial charge is 0.339 e. The zero-order valence-electron chi connectivity index (χ0n) is 24.4. The molecule has 11 nitrogen and oxygen atoms in total. The van der Waals surface area contributed by atoms with E-state index in [-0.39, 0.29) is 42.2 Å². The van der Waals surface area contributed by atoms with Gasteiger partial charge in [-0.1, -0.05) is 24.3 Å². The number of sulfone groups is 1. The molecular formula is C36H12N4O7S2. The summed E-state index contributed by atoms with van der Waals surface area (Å²) in [5.41, 5.74) is 1.75. The summed E-state index contributed by atoms with van der Waals surface area (Å²) in [6.07, 6.45) is 0. The second-order valence-corrected chi connectivity index (χ2v) is 16.3. The molecule has 11 aromatic rings. The van der Waals surface area contributed by atoms with Gasteiger partial charge in [-0.25, -0.2) is 18.4 Å². The molecule has 6 heterocycles. The van der Waals surface area contributed by atoms with Crippen LogP contribution in [0.4, 0.5) is 0 Å². The molecule has 49 heavy (non-hydrogen) atoms. The second-order valence-electron chi connectivity index (χ2n) is 12.9. The fourth-order valence-corrected chi connectivity index (χ4v) is 11.8. The maximum absolute atomic E-state index is 14.7. The molecule has 0 amide bonds. The minimum atomic E-state index is -4.52.